The average molecular weight is 655 g/mol. The number of carbonyl (C=O) groups excluding carboxylic acids is 3. The minimum Gasteiger partial charge on any atom is -0.496 e. The summed E-state index contributed by atoms with van der Waals surface area (Å²) in [5.74, 6) is -0.496. The highest BCUT2D eigenvalue weighted by atomic mass is 79.9. The normalized spacial score (nSPS) is 17.0. The number of para-hydroxylation sites is 2. The van der Waals surface area contributed by atoms with Crippen LogP contribution in [0, 0.1) is 11.3 Å². The maximum Gasteiger partial charge on any atom is 0.258 e. The fraction of sp³-hybridized carbons (Fsp3) is 0.235. The molecule has 44 heavy (non-hydrogen) atoms. The number of anilines is 2. The molecule has 1 unspecified atom stereocenters. The number of hydrogen-bond donors (Lipinski definition) is 2. The molecule has 5 rings (SSSR count). The second-order valence-corrected chi connectivity index (χ2v) is 11.5. The number of ether oxygens (including phenoxy) is 1. The van der Waals surface area contributed by atoms with Crippen LogP contribution in [0.4, 0.5) is 11.4 Å². The minimum atomic E-state index is -1.08. The third-order valence-electron chi connectivity index (χ3n) is 8.04. The highest BCUT2D eigenvalue weighted by Crippen LogP contribution is 2.39. The lowest BCUT2D eigenvalue weighted by atomic mass is 10.0. The largest absolute Gasteiger partial charge is 0.496 e. The van der Waals surface area contributed by atoms with Crippen LogP contribution in [0.1, 0.15) is 35.3 Å². The third-order valence-corrected chi connectivity index (χ3v) is 8.54. The van der Waals surface area contributed by atoms with Gasteiger partial charge in [0.15, 0.2) is 0 Å². The molecule has 10 heteroatoms. The van der Waals surface area contributed by atoms with Crippen LogP contribution in [-0.4, -0.2) is 50.0 Å². The van der Waals surface area contributed by atoms with Crippen LogP contribution >= 0.6 is 15.9 Å². The number of hydrogen-bond acceptors (Lipinski definition) is 6. The summed E-state index contributed by atoms with van der Waals surface area (Å²) in [7, 11) is 3.25. The molecular formula is C34H32BrN5O4. The molecule has 0 bridgehead atoms. The summed E-state index contributed by atoms with van der Waals surface area (Å²) < 4.78 is 6.68. The lowest BCUT2D eigenvalue weighted by Crippen LogP contribution is -2.59. The zero-order valence-electron chi connectivity index (χ0n) is 24.8. The maximum absolute atomic E-state index is 14.6. The van der Waals surface area contributed by atoms with Crippen molar-refractivity contribution in [3.8, 4) is 11.8 Å². The van der Waals surface area contributed by atoms with Gasteiger partial charge >= 0.3 is 0 Å². The van der Waals surface area contributed by atoms with Crippen LogP contribution in [0.3, 0.4) is 0 Å². The van der Waals surface area contributed by atoms with Gasteiger partial charge in [-0.1, -0.05) is 40.2 Å². The van der Waals surface area contributed by atoms with Gasteiger partial charge in [-0.05, 0) is 86.3 Å². The van der Waals surface area contributed by atoms with E-state index in [1.165, 1.54) is 0 Å². The van der Waals surface area contributed by atoms with E-state index in [2.05, 4.69) is 32.6 Å². The van der Waals surface area contributed by atoms with Crippen LogP contribution in [-0.2, 0) is 16.1 Å². The van der Waals surface area contributed by atoms with Crippen molar-refractivity contribution < 1.29 is 19.1 Å². The Morgan fingerprint density at radius 1 is 1.05 bits per heavy atom. The predicted molar refractivity (Wildman–Crippen MR) is 174 cm³/mol. The van der Waals surface area contributed by atoms with Crippen molar-refractivity contribution in [3.63, 3.8) is 0 Å². The smallest absolute Gasteiger partial charge is 0.258 e. The lowest BCUT2D eigenvalue weighted by Gasteiger charge is -2.32. The van der Waals surface area contributed by atoms with Gasteiger partial charge in [0.1, 0.15) is 11.8 Å². The molecule has 0 saturated heterocycles. The van der Waals surface area contributed by atoms with Crippen LogP contribution in [0.25, 0.3) is 10.8 Å². The fourth-order valence-corrected chi connectivity index (χ4v) is 5.87. The predicted octanol–water partition coefficient (Wildman–Crippen LogP) is 5.16. The lowest BCUT2D eigenvalue weighted by molar-refractivity contribution is -0.128. The van der Waals surface area contributed by atoms with Gasteiger partial charge in [-0.15, -0.1) is 0 Å². The molecule has 0 radical (unpaired) electrons. The zero-order valence-corrected chi connectivity index (χ0v) is 26.4. The van der Waals surface area contributed by atoms with Gasteiger partial charge in [-0.2, -0.15) is 5.26 Å². The van der Waals surface area contributed by atoms with Crippen LogP contribution in [0.15, 0.2) is 83.3 Å². The number of nitriles is 1. The van der Waals surface area contributed by atoms with Crippen molar-refractivity contribution in [2.45, 2.75) is 38.5 Å². The second-order valence-electron chi connectivity index (χ2n) is 10.6. The Bertz CT molecular complexity index is 1790. The Morgan fingerprint density at radius 2 is 1.75 bits per heavy atom. The highest BCUT2D eigenvalue weighted by Gasteiger charge is 2.43. The van der Waals surface area contributed by atoms with E-state index < -0.39 is 18.1 Å². The molecular weight excluding hydrogens is 622 g/mol. The van der Waals surface area contributed by atoms with E-state index >= 15 is 0 Å². The third kappa shape index (κ3) is 5.76. The van der Waals surface area contributed by atoms with Gasteiger partial charge in [-0.25, -0.2) is 0 Å². The standard InChI is InChI=1S/C34H32BrN5O4/c1-20(37-3)32(41)38-31-21(2)40(33(42)23-11-9-22(18-36)10-12-23)29-8-6-5-7-28(29)39(34(31)43)19-27-26-15-14-25(35)17-24(26)13-16-30(27)44-4/h5-17,20-21,31,37H,19H2,1-4H3,(H,38,41)/t20?,21-,31-/m0/s1. The number of carbonyl (C=O) groups is 3. The van der Waals surface area contributed by atoms with Crippen molar-refractivity contribution >= 4 is 55.8 Å². The fourth-order valence-electron chi connectivity index (χ4n) is 5.49. The summed E-state index contributed by atoms with van der Waals surface area (Å²) in [6, 6.07) is 23.0. The number of rotatable bonds is 7. The summed E-state index contributed by atoms with van der Waals surface area (Å²) in [6.07, 6.45) is 0. The van der Waals surface area contributed by atoms with Crippen LogP contribution in [0.2, 0.25) is 0 Å². The quantitative estimate of drug-likeness (QED) is 0.285. The topological polar surface area (TPSA) is 115 Å². The molecule has 224 valence electrons. The van der Waals surface area contributed by atoms with Gasteiger partial charge in [-0.3, -0.25) is 14.4 Å². The maximum atomic E-state index is 14.6. The Kier molecular flexibility index (Phi) is 8.99. The van der Waals surface area contributed by atoms with E-state index in [1.54, 1.807) is 74.2 Å². The number of fused-ring (bicyclic) bond motifs is 2. The molecule has 1 heterocycles. The monoisotopic (exact) mass is 653 g/mol. The number of benzene rings is 4. The van der Waals surface area contributed by atoms with E-state index in [1.807, 2.05) is 42.5 Å². The Balaban J connectivity index is 1.69. The number of halogens is 1. The Labute approximate surface area is 264 Å². The Morgan fingerprint density at radius 3 is 2.41 bits per heavy atom. The highest BCUT2D eigenvalue weighted by molar-refractivity contribution is 9.10. The first kappa shape index (κ1) is 30.7. The first-order valence-corrected chi connectivity index (χ1v) is 14.9. The number of likely N-dealkylation sites (N-methyl/N-ethyl adjacent to an activating group) is 1. The molecule has 3 atom stereocenters. The average Bonchev–Trinajstić information content (AvgIpc) is 3.12. The van der Waals surface area contributed by atoms with Crippen molar-refractivity contribution in [1.82, 2.24) is 10.6 Å². The summed E-state index contributed by atoms with van der Waals surface area (Å²) >= 11 is 3.54. The van der Waals surface area contributed by atoms with Gasteiger partial charge in [0, 0.05) is 15.6 Å². The molecule has 1 aliphatic heterocycles. The molecule has 0 saturated carbocycles. The number of nitrogens with one attached hydrogen (secondary N) is 2. The number of amides is 3. The Hall–Kier alpha value is -4.72. The summed E-state index contributed by atoms with van der Waals surface area (Å²) in [5, 5.41) is 17.0. The van der Waals surface area contributed by atoms with Crippen LogP contribution < -0.4 is 25.2 Å². The zero-order chi connectivity index (χ0) is 31.5. The molecule has 9 nitrogen and oxygen atoms in total. The SMILES string of the molecule is CNC(C)C(=O)N[C@@H]1C(=O)N(Cc2c(OC)ccc3cc(Br)ccc23)c2ccccc2N(C(=O)c2ccc(C#N)cc2)[C@H]1C. The number of nitrogens with zero attached hydrogens (tertiary/aromatic N) is 3. The molecule has 0 spiro atoms. The van der Waals surface area contributed by atoms with Crippen LogP contribution in [0.5, 0.6) is 5.75 Å². The van der Waals surface area contributed by atoms with E-state index in [0.717, 1.165) is 20.8 Å². The second kappa shape index (κ2) is 12.9. The first-order valence-electron chi connectivity index (χ1n) is 14.1. The van der Waals surface area contributed by atoms with E-state index in [-0.39, 0.29) is 24.3 Å². The van der Waals surface area contributed by atoms with E-state index in [0.29, 0.717) is 28.3 Å². The van der Waals surface area contributed by atoms with Gasteiger partial charge < -0.3 is 25.2 Å². The van der Waals surface area contributed by atoms with Gasteiger partial charge in [0.05, 0.1) is 48.7 Å². The van der Waals surface area contributed by atoms with E-state index in [4.69, 9.17) is 4.74 Å². The molecule has 3 amide bonds. The molecule has 4 aromatic carbocycles. The van der Waals surface area contributed by atoms with Gasteiger partial charge in [0.25, 0.3) is 11.8 Å². The van der Waals surface area contributed by atoms with Crippen molar-refractivity contribution in [3.05, 3.63) is 100 Å². The van der Waals surface area contributed by atoms with Crippen molar-refractivity contribution in [1.29, 1.82) is 5.26 Å². The van der Waals surface area contributed by atoms with Gasteiger partial charge in [0.2, 0.25) is 5.91 Å². The summed E-state index contributed by atoms with van der Waals surface area (Å²) in [5.41, 5.74) is 2.59. The molecule has 2 N–H and O–H groups in total. The molecule has 0 fully saturated rings. The first-order chi connectivity index (χ1) is 21.2. The van der Waals surface area contributed by atoms with Crippen molar-refractivity contribution in [2.24, 2.45) is 0 Å². The summed E-state index contributed by atoms with van der Waals surface area (Å²) in [4.78, 5) is 45.2. The number of methoxy groups -OCH3 is 1. The minimum absolute atomic E-state index is 0.123. The molecule has 0 aliphatic carbocycles. The molecule has 1 aliphatic rings. The summed E-state index contributed by atoms with van der Waals surface area (Å²) in [6.45, 7) is 3.58. The molecule has 4 aromatic rings. The van der Waals surface area contributed by atoms with E-state index in [9.17, 15) is 19.6 Å². The van der Waals surface area contributed by atoms with Crippen molar-refractivity contribution in [2.75, 3.05) is 24.0 Å². The molecule has 0 aromatic heterocycles.